The third-order valence-electron chi connectivity index (χ3n) is 3.34. The number of rotatable bonds is 6. The summed E-state index contributed by atoms with van der Waals surface area (Å²) in [6.45, 7) is 4.69. The van der Waals surface area contributed by atoms with E-state index in [1.807, 2.05) is 24.4 Å². The second-order valence-electron chi connectivity index (χ2n) is 4.67. The summed E-state index contributed by atoms with van der Waals surface area (Å²) < 4.78 is 11.0. The Bertz CT molecular complexity index is 324. The van der Waals surface area contributed by atoms with Crippen molar-refractivity contribution in [3.05, 3.63) is 30.1 Å². The maximum Gasteiger partial charge on any atom is 0.0891 e. The smallest absolute Gasteiger partial charge is 0.0891 e. The highest BCUT2D eigenvalue weighted by atomic mass is 16.5. The molecule has 1 saturated heterocycles. The van der Waals surface area contributed by atoms with Gasteiger partial charge in [-0.2, -0.15) is 0 Å². The van der Waals surface area contributed by atoms with Crippen molar-refractivity contribution in [1.29, 1.82) is 0 Å². The topological polar surface area (TPSA) is 34.6 Å². The minimum absolute atomic E-state index is 0.380. The molecule has 0 unspecified atom stereocenters. The molecule has 0 atom stereocenters. The van der Waals surface area contributed by atoms with Crippen LogP contribution in [0.5, 0.6) is 0 Å². The van der Waals surface area contributed by atoms with Crippen molar-refractivity contribution in [2.75, 3.05) is 33.4 Å². The molecule has 1 aromatic heterocycles. The minimum atomic E-state index is 0.380. The van der Waals surface area contributed by atoms with Crippen LogP contribution in [0.15, 0.2) is 24.4 Å². The lowest BCUT2D eigenvalue weighted by atomic mass is 10.1. The van der Waals surface area contributed by atoms with Crippen LogP contribution in [0.1, 0.15) is 18.5 Å². The van der Waals surface area contributed by atoms with Crippen LogP contribution in [0.25, 0.3) is 0 Å². The van der Waals surface area contributed by atoms with Crippen molar-refractivity contribution < 1.29 is 9.47 Å². The van der Waals surface area contributed by atoms with Crippen molar-refractivity contribution in [3.8, 4) is 0 Å². The summed E-state index contributed by atoms with van der Waals surface area (Å²) in [4.78, 5) is 6.70. The summed E-state index contributed by atoms with van der Waals surface area (Å²) in [7, 11) is 1.75. The molecule has 4 nitrogen and oxygen atoms in total. The van der Waals surface area contributed by atoms with Crippen LogP contribution < -0.4 is 0 Å². The highest BCUT2D eigenvalue weighted by Gasteiger charge is 2.19. The summed E-state index contributed by atoms with van der Waals surface area (Å²) in [5.41, 5.74) is 1.01. The molecule has 1 aromatic rings. The van der Waals surface area contributed by atoms with Crippen LogP contribution in [-0.4, -0.2) is 49.3 Å². The number of hydrogen-bond acceptors (Lipinski definition) is 4. The molecule has 18 heavy (non-hydrogen) atoms. The van der Waals surface area contributed by atoms with Gasteiger partial charge < -0.3 is 14.4 Å². The molecule has 1 aliphatic rings. The Morgan fingerprint density at radius 3 is 2.83 bits per heavy atom. The lowest BCUT2D eigenvalue weighted by Gasteiger charge is -2.31. The Kier molecular flexibility index (Phi) is 5.58. The summed E-state index contributed by atoms with van der Waals surface area (Å²) in [6, 6.07) is 5.94. The zero-order chi connectivity index (χ0) is 12.6. The largest absolute Gasteiger partial charge is 0.383 e. The van der Waals surface area contributed by atoms with E-state index in [-0.39, 0.29) is 0 Å². The van der Waals surface area contributed by atoms with Crippen molar-refractivity contribution in [3.63, 3.8) is 0 Å². The first-order chi connectivity index (χ1) is 8.88. The SMILES string of the molecule is COCCN1CCC(OCc2ccccn2)CC1. The first-order valence-electron chi connectivity index (χ1n) is 6.61. The van der Waals surface area contributed by atoms with Gasteiger partial charge in [-0.25, -0.2) is 0 Å². The van der Waals surface area contributed by atoms with E-state index in [2.05, 4.69) is 9.88 Å². The van der Waals surface area contributed by atoms with Crippen molar-refractivity contribution >= 4 is 0 Å². The van der Waals surface area contributed by atoms with Gasteiger partial charge >= 0.3 is 0 Å². The van der Waals surface area contributed by atoms with E-state index in [9.17, 15) is 0 Å². The van der Waals surface area contributed by atoms with Gasteiger partial charge in [0.25, 0.3) is 0 Å². The first kappa shape index (κ1) is 13.5. The minimum Gasteiger partial charge on any atom is -0.383 e. The number of piperidine rings is 1. The molecule has 0 radical (unpaired) electrons. The number of likely N-dealkylation sites (tertiary alicyclic amines) is 1. The van der Waals surface area contributed by atoms with Gasteiger partial charge in [-0.3, -0.25) is 4.98 Å². The monoisotopic (exact) mass is 250 g/mol. The van der Waals surface area contributed by atoms with Gasteiger partial charge in [-0.1, -0.05) is 6.07 Å². The number of ether oxygens (including phenoxy) is 2. The summed E-state index contributed by atoms with van der Waals surface area (Å²) in [5.74, 6) is 0. The van der Waals surface area contributed by atoms with Gasteiger partial charge in [-0.15, -0.1) is 0 Å². The Morgan fingerprint density at radius 1 is 1.33 bits per heavy atom. The molecule has 0 N–H and O–H groups in total. The molecule has 0 amide bonds. The van der Waals surface area contributed by atoms with E-state index in [1.54, 1.807) is 7.11 Å². The molecule has 0 bridgehead atoms. The highest BCUT2D eigenvalue weighted by Crippen LogP contribution is 2.14. The molecule has 4 heteroatoms. The first-order valence-corrected chi connectivity index (χ1v) is 6.61. The zero-order valence-corrected chi connectivity index (χ0v) is 11.0. The van der Waals surface area contributed by atoms with Crippen LogP contribution in [-0.2, 0) is 16.1 Å². The third-order valence-corrected chi connectivity index (χ3v) is 3.34. The van der Waals surface area contributed by atoms with Crippen LogP contribution in [0.3, 0.4) is 0 Å². The zero-order valence-electron chi connectivity index (χ0n) is 11.0. The maximum absolute atomic E-state index is 5.90. The lowest BCUT2D eigenvalue weighted by molar-refractivity contribution is -0.00734. The predicted molar refractivity (Wildman–Crippen MR) is 70.4 cm³/mol. The lowest BCUT2D eigenvalue weighted by Crippen LogP contribution is -2.38. The van der Waals surface area contributed by atoms with Gasteiger partial charge in [-0.05, 0) is 25.0 Å². The third kappa shape index (κ3) is 4.37. The standard InChI is InChI=1S/C14H22N2O2/c1-17-11-10-16-8-5-14(6-9-16)18-12-13-4-2-3-7-15-13/h2-4,7,14H,5-6,8-12H2,1H3. The summed E-state index contributed by atoms with van der Waals surface area (Å²) in [5, 5.41) is 0. The second-order valence-corrected chi connectivity index (χ2v) is 4.67. The molecule has 0 aromatic carbocycles. The Labute approximate surface area is 109 Å². The quantitative estimate of drug-likeness (QED) is 0.770. The highest BCUT2D eigenvalue weighted by molar-refractivity contribution is 5.01. The fourth-order valence-electron chi connectivity index (χ4n) is 2.21. The van der Waals surface area contributed by atoms with E-state index in [0.29, 0.717) is 12.7 Å². The van der Waals surface area contributed by atoms with Gasteiger partial charge in [0.15, 0.2) is 0 Å². The van der Waals surface area contributed by atoms with E-state index in [1.165, 1.54) is 0 Å². The molecule has 1 aliphatic heterocycles. The normalized spacial score (nSPS) is 18.1. The maximum atomic E-state index is 5.90. The predicted octanol–water partition coefficient (Wildman–Crippen LogP) is 1.71. The second kappa shape index (κ2) is 7.46. The van der Waals surface area contributed by atoms with Gasteiger partial charge in [0, 0.05) is 32.9 Å². The van der Waals surface area contributed by atoms with Crippen LogP contribution in [0, 0.1) is 0 Å². The van der Waals surface area contributed by atoms with Crippen molar-refractivity contribution in [1.82, 2.24) is 9.88 Å². The molecular formula is C14H22N2O2. The molecule has 0 spiro atoms. The molecule has 2 heterocycles. The van der Waals surface area contributed by atoms with E-state index in [4.69, 9.17) is 9.47 Å². The van der Waals surface area contributed by atoms with E-state index >= 15 is 0 Å². The van der Waals surface area contributed by atoms with Crippen LogP contribution in [0.2, 0.25) is 0 Å². The van der Waals surface area contributed by atoms with Gasteiger partial charge in [0.05, 0.1) is 25.0 Å². The number of pyridine rings is 1. The average molecular weight is 250 g/mol. The Morgan fingerprint density at radius 2 is 2.17 bits per heavy atom. The fourth-order valence-corrected chi connectivity index (χ4v) is 2.21. The Hall–Kier alpha value is -0.970. The fraction of sp³-hybridized carbons (Fsp3) is 0.643. The number of hydrogen-bond donors (Lipinski definition) is 0. The molecule has 2 rings (SSSR count). The van der Waals surface area contributed by atoms with Gasteiger partial charge in [0.1, 0.15) is 0 Å². The van der Waals surface area contributed by atoms with Gasteiger partial charge in [0.2, 0.25) is 0 Å². The summed E-state index contributed by atoms with van der Waals surface area (Å²) in [6.07, 6.45) is 4.41. The van der Waals surface area contributed by atoms with Crippen LogP contribution >= 0.6 is 0 Å². The molecule has 1 fully saturated rings. The van der Waals surface area contributed by atoms with Crippen molar-refractivity contribution in [2.45, 2.75) is 25.6 Å². The molecule has 0 aliphatic carbocycles. The molecular weight excluding hydrogens is 228 g/mol. The van der Waals surface area contributed by atoms with Crippen LogP contribution in [0.4, 0.5) is 0 Å². The van der Waals surface area contributed by atoms with Crippen molar-refractivity contribution in [2.24, 2.45) is 0 Å². The number of methoxy groups -OCH3 is 1. The Balaban J connectivity index is 1.65. The van der Waals surface area contributed by atoms with E-state index < -0.39 is 0 Å². The summed E-state index contributed by atoms with van der Waals surface area (Å²) >= 11 is 0. The molecule has 0 saturated carbocycles. The average Bonchev–Trinajstić information content (AvgIpc) is 2.45. The molecule has 100 valence electrons. The number of aromatic nitrogens is 1. The van der Waals surface area contributed by atoms with E-state index in [0.717, 1.165) is 44.8 Å². The number of nitrogens with zero attached hydrogens (tertiary/aromatic N) is 2.